The van der Waals surface area contributed by atoms with Crippen molar-refractivity contribution in [3.8, 4) is 0 Å². The highest BCUT2D eigenvalue weighted by atomic mass is 127. The second-order valence-electron chi connectivity index (χ2n) is 14.0. The average molecular weight is 577 g/mol. The SMILES string of the molecule is CC(C)(C)P(C[Si](C)(C)N[Si](C)(C)C[P+](I)(C(C)(C)C)C(C)(C)C)C(C)(C)C. The van der Waals surface area contributed by atoms with Crippen LogP contribution in [-0.4, -0.2) is 48.7 Å². The first-order chi connectivity index (χ1) is 11.8. The summed E-state index contributed by atoms with van der Waals surface area (Å²) in [5.74, 6) is 2.87. The minimum absolute atomic E-state index is 0.0334. The smallest absolute Gasteiger partial charge is 0.155 e. The fraction of sp³-hybridized carbons (Fsp3) is 1.00. The van der Waals surface area contributed by atoms with Gasteiger partial charge in [-0.2, -0.15) is 0 Å². The van der Waals surface area contributed by atoms with E-state index in [1.54, 1.807) is 0 Å². The summed E-state index contributed by atoms with van der Waals surface area (Å²) in [6.07, 6.45) is 0. The predicted octanol–water partition coefficient (Wildman–Crippen LogP) is 9.11. The summed E-state index contributed by atoms with van der Waals surface area (Å²) < 4.78 is 4.42. The third-order valence-corrected chi connectivity index (χ3v) is 39.6. The van der Waals surface area contributed by atoms with E-state index in [-0.39, 0.29) is 7.92 Å². The third kappa shape index (κ3) is 8.49. The van der Waals surface area contributed by atoms with Crippen molar-refractivity contribution in [1.29, 1.82) is 0 Å². The molecular formula is C22H53INP2Si2+. The van der Waals surface area contributed by atoms with Gasteiger partial charge in [0.15, 0.2) is 30.3 Å². The van der Waals surface area contributed by atoms with Crippen molar-refractivity contribution in [2.24, 2.45) is 0 Å². The lowest BCUT2D eigenvalue weighted by Gasteiger charge is -2.49. The van der Waals surface area contributed by atoms with Gasteiger partial charge in [0.2, 0.25) is 0 Å². The largest absolute Gasteiger partial charge is 0.357 e. The van der Waals surface area contributed by atoms with Crippen molar-refractivity contribution < 1.29 is 0 Å². The van der Waals surface area contributed by atoms with E-state index in [2.05, 4.69) is 136 Å². The van der Waals surface area contributed by atoms with E-state index < -0.39 is 21.4 Å². The molecule has 6 heteroatoms. The lowest BCUT2D eigenvalue weighted by Crippen LogP contribution is -2.64. The molecule has 170 valence electrons. The lowest BCUT2D eigenvalue weighted by molar-refractivity contribution is 0.706. The summed E-state index contributed by atoms with van der Waals surface area (Å²) in [5.41, 5.74) is 0. The van der Waals surface area contributed by atoms with Crippen LogP contribution in [0.2, 0.25) is 26.2 Å². The van der Waals surface area contributed by atoms with Gasteiger partial charge in [0, 0.05) is 0 Å². The Balaban J connectivity index is 5.73. The molecule has 0 radical (unpaired) electrons. The maximum absolute atomic E-state index is 4.42. The van der Waals surface area contributed by atoms with Gasteiger partial charge in [-0.25, -0.2) is 0 Å². The molecule has 0 fully saturated rings. The molecule has 0 amide bonds. The van der Waals surface area contributed by atoms with Crippen LogP contribution in [0.3, 0.4) is 0 Å². The summed E-state index contributed by atoms with van der Waals surface area (Å²) in [5, 5.41) is 1.63. The second-order valence-corrected chi connectivity index (χ2v) is 37.7. The van der Waals surface area contributed by atoms with Crippen molar-refractivity contribution in [1.82, 2.24) is 4.65 Å². The minimum atomic E-state index is -1.51. The number of nitrogens with one attached hydrogen (secondary N) is 1. The summed E-state index contributed by atoms with van der Waals surface area (Å²) >= 11 is 2.94. The van der Waals surface area contributed by atoms with Crippen LogP contribution in [0.25, 0.3) is 0 Å². The zero-order chi connectivity index (χ0) is 23.2. The normalized spacial score (nSPS) is 16.1. The third-order valence-electron chi connectivity index (χ3n) is 5.59. The first kappa shape index (κ1) is 30.0. The summed E-state index contributed by atoms with van der Waals surface area (Å²) in [4.78, 5) is -1.15. The molecule has 0 heterocycles. The molecule has 0 saturated carbocycles. The molecule has 0 spiro atoms. The highest BCUT2D eigenvalue weighted by molar-refractivity contribution is 14.2. The Morgan fingerprint density at radius 2 is 1.00 bits per heavy atom. The molecule has 1 N–H and O–H groups in total. The predicted molar refractivity (Wildman–Crippen MR) is 155 cm³/mol. The highest BCUT2D eigenvalue weighted by Crippen LogP contribution is 2.83. The van der Waals surface area contributed by atoms with Crippen LogP contribution in [0.4, 0.5) is 0 Å². The fourth-order valence-electron chi connectivity index (χ4n) is 4.90. The van der Waals surface area contributed by atoms with Gasteiger partial charge in [0.25, 0.3) is 0 Å². The Hall–Kier alpha value is 1.98. The first-order valence-corrected chi connectivity index (χ1v) is 23.6. The standard InChI is InChI=1S/C22H53INP2Si2/c1-19(2,3)25(20(4,5)6)17-27(13,14)24-28(15,16)18-26(23,21(7,8)9)22(10,11)12/h24H,17-18H2,1-16H3/q+1. The summed E-state index contributed by atoms with van der Waals surface area (Å²) in [6.45, 7) is 40.2. The van der Waals surface area contributed by atoms with Crippen molar-refractivity contribution in [2.45, 2.75) is 130 Å². The molecular weight excluding hydrogens is 523 g/mol. The Morgan fingerprint density at radius 1 is 0.679 bits per heavy atom. The van der Waals surface area contributed by atoms with Gasteiger partial charge in [0.05, 0.1) is 21.0 Å². The zero-order valence-corrected chi connectivity index (χ0v) is 28.1. The topological polar surface area (TPSA) is 12.0 Å². The maximum Gasteiger partial charge on any atom is 0.155 e. The van der Waals surface area contributed by atoms with Crippen molar-refractivity contribution in [2.75, 3.05) is 11.6 Å². The zero-order valence-electron chi connectivity index (χ0n) is 22.2. The van der Waals surface area contributed by atoms with Gasteiger partial charge in [-0.3, -0.25) is 0 Å². The van der Waals surface area contributed by atoms with Crippen LogP contribution >= 0.6 is 34.9 Å². The molecule has 0 bridgehead atoms. The number of hydrogen-bond donors (Lipinski definition) is 1. The molecule has 0 atom stereocenters. The maximum atomic E-state index is 4.42. The fourth-order valence-corrected chi connectivity index (χ4v) is 41.1. The molecule has 0 aromatic carbocycles. The highest BCUT2D eigenvalue weighted by Gasteiger charge is 2.59. The molecule has 0 unspecified atom stereocenters. The monoisotopic (exact) mass is 576 g/mol. The van der Waals surface area contributed by atoms with Gasteiger partial charge < -0.3 is 4.65 Å². The molecule has 1 nitrogen and oxygen atoms in total. The number of hydrogen-bond acceptors (Lipinski definition) is 1. The lowest BCUT2D eigenvalue weighted by atomic mass is 10.2. The van der Waals surface area contributed by atoms with Crippen LogP contribution < -0.4 is 4.65 Å². The number of rotatable bonds is 6. The van der Waals surface area contributed by atoms with Crippen molar-refractivity contribution >= 4 is 51.3 Å². The van der Waals surface area contributed by atoms with Gasteiger partial charge in [-0.1, -0.05) is 75.7 Å². The molecule has 0 saturated heterocycles. The Labute approximate surface area is 196 Å². The van der Waals surface area contributed by atoms with Crippen LogP contribution in [0.5, 0.6) is 0 Å². The van der Waals surface area contributed by atoms with Crippen LogP contribution in [-0.2, 0) is 0 Å². The van der Waals surface area contributed by atoms with E-state index >= 15 is 0 Å². The van der Waals surface area contributed by atoms with Crippen molar-refractivity contribution in [3.63, 3.8) is 0 Å². The van der Waals surface area contributed by atoms with Gasteiger partial charge >= 0.3 is 0 Å². The van der Waals surface area contributed by atoms with Gasteiger partial charge in [-0.05, 0) is 57.6 Å². The molecule has 0 aromatic rings. The van der Waals surface area contributed by atoms with E-state index in [0.29, 0.717) is 20.6 Å². The van der Waals surface area contributed by atoms with E-state index in [4.69, 9.17) is 0 Å². The minimum Gasteiger partial charge on any atom is -0.357 e. The Bertz CT molecular complexity index is 493. The van der Waals surface area contributed by atoms with E-state index in [0.717, 1.165) is 0 Å². The first-order valence-electron chi connectivity index (χ1n) is 10.9. The van der Waals surface area contributed by atoms with Gasteiger partial charge in [-0.15, -0.1) is 0 Å². The second kappa shape index (κ2) is 9.08. The van der Waals surface area contributed by atoms with E-state index in [9.17, 15) is 0 Å². The molecule has 28 heavy (non-hydrogen) atoms. The number of halogens is 1. The average Bonchev–Trinajstić information content (AvgIpc) is 2.28. The van der Waals surface area contributed by atoms with Crippen LogP contribution in [0.1, 0.15) is 83.1 Å². The molecule has 0 rings (SSSR count). The van der Waals surface area contributed by atoms with E-state index in [1.165, 1.54) is 11.6 Å². The summed E-state index contributed by atoms with van der Waals surface area (Å²) in [6, 6.07) is 0. The molecule has 0 aliphatic heterocycles. The summed E-state index contributed by atoms with van der Waals surface area (Å²) in [7, 11) is -3.03. The van der Waals surface area contributed by atoms with Gasteiger partial charge in [0.1, 0.15) is 8.24 Å². The molecule has 0 aromatic heterocycles. The van der Waals surface area contributed by atoms with Crippen LogP contribution in [0, 0.1) is 0 Å². The molecule has 0 aliphatic carbocycles. The quantitative estimate of drug-likeness (QED) is 0.189. The van der Waals surface area contributed by atoms with Crippen LogP contribution in [0.15, 0.2) is 0 Å². The Morgan fingerprint density at radius 3 is 1.25 bits per heavy atom. The Kier molecular flexibility index (Phi) is 9.73. The van der Waals surface area contributed by atoms with Crippen molar-refractivity contribution in [3.05, 3.63) is 0 Å². The molecule has 0 aliphatic rings. The van der Waals surface area contributed by atoms with E-state index in [1.807, 2.05) is 0 Å².